The van der Waals surface area contributed by atoms with Gasteiger partial charge < -0.3 is 9.79 Å². The Hall–Kier alpha value is 0.340. The number of rotatable bonds is 4. The largest absolute Gasteiger partial charge is 0.326 e. The van der Waals surface area contributed by atoms with Crippen LogP contribution in [0.4, 0.5) is 0 Å². The highest BCUT2D eigenvalue weighted by atomic mass is 31.2. The summed E-state index contributed by atoms with van der Waals surface area (Å²) in [5.74, 6) is 0.935. The maximum absolute atomic E-state index is 9.44. The minimum absolute atomic E-state index is 0.935. The lowest BCUT2D eigenvalue weighted by Crippen LogP contribution is -1.85. The van der Waals surface area contributed by atoms with Crippen molar-refractivity contribution in [2.75, 3.05) is 0 Å². The highest BCUT2D eigenvalue weighted by Crippen LogP contribution is 2.30. The van der Waals surface area contributed by atoms with Crippen LogP contribution in [0.25, 0.3) is 0 Å². The second-order valence-electron chi connectivity index (χ2n) is 2.56. The van der Waals surface area contributed by atoms with E-state index < -0.39 is 16.5 Å². The lowest BCUT2D eigenvalue weighted by atomic mass is 10.1. The molecule has 0 aromatic heterocycles. The fourth-order valence-electron chi connectivity index (χ4n) is 0.363. The van der Waals surface area contributed by atoms with E-state index in [-0.39, 0.29) is 0 Å². The van der Waals surface area contributed by atoms with Gasteiger partial charge in [0.2, 0.25) is 0 Å². The van der Waals surface area contributed by atoms with E-state index in [9.17, 15) is 9.13 Å². The summed E-state index contributed by atoms with van der Waals surface area (Å²) in [6.45, 7) is 6.74. The van der Waals surface area contributed by atoms with Crippen LogP contribution in [-0.4, -0.2) is 9.79 Å². The van der Waals surface area contributed by atoms with Gasteiger partial charge in [-0.25, -0.2) is 4.31 Å². The second kappa shape index (κ2) is 10.4. The van der Waals surface area contributed by atoms with Crippen molar-refractivity contribution < 1.29 is 23.2 Å². The smallest absolute Gasteiger partial charge is 0.323 e. The summed E-state index contributed by atoms with van der Waals surface area (Å²) < 4.78 is 22.3. The zero-order valence-electron chi connectivity index (χ0n) is 8.11. The summed E-state index contributed by atoms with van der Waals surface area (Å²) in [7, 11) is -6.40. The minimum Gasteiger partial charge on any atom is -0.326 e. The SMILES string of the molecule is CCC(C)CC.O=[PH](O)O[PH](=O)O. The molecule has 2 atom stereocenters. The molecule has 0 rings (SSSR count). The summed E-state index contributed by atoms with van der Waals surface area (Å²) in [6, 6.07) is 0. The van der Waals surface area contributed by atoms with Gasteiger partial charge in [0.15, 0.2) is 0 Å². The molecule has 0 heterocycles. The maximum atomic E-state index is 9.44. The Morgan fingerprint density at radius 2 is 1.46 bits per heavy atom. The van der Waals surface area contributed by atoms with Crippen LogP contribution >= 0.6 is 16.5 Å². The topological polar surface area (TPSA) is 83.8 Å². The van der Waals surface area contributed by atoms with Gasteiger partial charge in [-0.3, -0.25) is 9.13 Å². The van der Waals surface area contributed by atoms with Crippen molar-refractivity contribution in [3.63, 3.8) is 0 Å². The Kier molecular flexibility index (Phi) is 12.7. The van der Waals surface area contributed by atoms with E-state index in [4.69, 9.17) is 9.79 Å². The van der Waals surface area contributed by atoms with Crippen LogP contribution < -0.4 is 0 Å². The van der Waals surface area contributed by atoms with E-state index in [0.29, 0.717) is 0 Å². The third-order valence-electron chi connectivity index (χ3n) is 1.57. The van der Waals surface area contributed by atoms with E-state index >= 15 is 0 Å². The fraction of sp³-hybridized carbons (Fsp3) is 1.00. The molecule has 7 heteroatoms. The molecule has 2 N–H and O–H groups in total. The molecule has 13 heavy (non-hydrogen) atoms. The predicted molar refractivity (Wildman–Crippen MR) is 53.3 cm³/mol. The van der Waals surface area contributed by atoms with Gasteiger partial charge in [0.1, 0.15) is 0 Å². The zero-order valence-corrected chi connectivity index (χ0v) is 10.1. The molecule has 5 nitrogen and oxygen atoms in total. The van der Waals surface area contributed by atoms with Crippen molar-refractivity contribution in [2.24, 2.45) is 5.92 Å². The quantitative estimate of drug-likeness (QED) is 0.726. The molecular weight excluding hydrogens is 214 g/mol. The van der Waals surface area contributed by atoms with Crippen molar-refractivity contribution in [1.82, 2.24) is 0 Å². The Balaban J connectivity index is 0. The molecule has 0 aromatic rings. The Morgan fingerprint density at radius 1 is 1.15 bits per heavy atom. The molecule has 0 radical (unpaired) electrons. The van der Waals surface area contributed by atoms with Gasteiger partial charge in [-0.1, -0.05) is 33.6 Å². The van der Waals surface area contributed by atoms with Crippen molar-refractivity contribution in [1.29, 1.82) is 0 Å². The minimum atomic E-state index is -3.20. The molecule has 2 unspecified atom stereocenters. The molecule has 0 saturated heterocycles. The summed E-state index contributed by atoms with van der Waals surface area (Å²) in [6.07, 6.45) is 2.66. The molecule has 0 bridgehead atoms. The zero-order chi connectivity index (χ0) is 10.9. The third-order valence-corrected chi connectivity index (χ3v) is 2.97. The summed E-state index contributed by atoms with van der Waals surface area (Å²) in [5, 5.41) is 0. The standard InChI is InChI=1S/C6H14.H4O5P2/c1-4-6(3)5-2;1-6(2)5-7(3)4/h6H,4-5H2,1-3H3;6-7H,(H,1,2)(H,3,4). The number of hydrogen-bond acceptors (Lipinski definition) is 3. The molecule has 0 fully saturated rings. The van der Waals surface area contributed by atoms with Crippen LogP contribution in [-0.2, 0) is 13.4 Å². The number of hydrogen-bond donors (Lipinski definition) is 2. The predicted octanol–water partition coefficient (Wildman–Crippen LogP) is 2.21. The van der Waals surface area contributed by atoms with Crippen molar-refractivity contribution in [3.05, 3.63) is 0 Å². The first-order valence-corrected chi connectivity index (χ1v) is 6.60. The van der Waals surface area contributed by atoms with Crippen LogP contribution in [0.3, 0.4) is 0 Å². The molecule has 0 saturated carbocycles. The van der Waals surface area contributed by atoms with E-state index in [2.05, 4.69) is 25.1 Å². The highest BCUT2D eigenvalue weighted by Gasteiger charge is 1.93. The summed E-state index contributed by atoms with van der Waals surface area (Å²) in [5.41, 5.74) is 0. The van der Waals surface area contributed by atoms with Gasteiger partial charge in [-0.05, 0) is 5.92 Å². The molecule has 82 valence electrons. The van der Waals surface area contributed by atoms with Crippen LogP contribution in [0.1, 0.15) is 33.6 Å². The van der Waals surface area contributed by atoms with Gasteiger partial charge in [0, 0.05) is 0 Å². The highest BCUT2D eigenvalue weighted by molar-refractivity contribution is 7.46. The van der Waals surface area contributed by atoms with Gasteiger partial charge in [-0.15, -0.1) is 0 Å². The summed E-state index contributed by atoms with van der Waals surface area (Å²) >= 11 is 0. The first-order chi connectivity index (χ1) is 5.93. The molecule has 0 aromatic carbocycles. The van der Waals surface area contributed by atoms with Crippen LogP contribution in [0.15, 0.2) is 0 Å². The first kappa shape index (κ1) is 15.8. The van der Waals surface area contributed by atoms with Gasteiger partial charge in [0.05, 0.1) is 0 Å². The molecule has 0 aliphatic heterocycles. The average Bonchev–Trinajstić information content (AvgIpc) is 2.01. The van der Waals surface area contributed by atoms with E-state index in [1.807, 2.05) is 0 Å². The first-order valence-electron chi connectivity index (χ1n) is 4.07. The Morgan fingerprint density at radius 3 is 1.46 bits per heavy atom. The Labute approximate surface area is 80.0 Å². The van der Waals surface area contributed by atoms with Crippen molar-refractivity contribution in [3.8, 4) is 0 Å². The van der Waals surface area contributed by atoms with Gasteiger partial charge >= 0.3 is 16.5 Å². The maximum Gasteiger partial charge on any atom is 0.323 e. The lowest BCUT2D eigenvalue weighted by molar-refractivity contribution is 0.371. The monoisotopic (exact) mass is 232 g/mol. The average molecular weight is 232 g/mol. The van der Waals surface area contributed by atoms with E-state index in [0.717, 1.165) is 5.92 Å². The Bertz CT molecular complexity index is 145. The summed E-state index contributed by atoms with van der Waals surface area (Å²) in [4.78, 5) is 15.4. The molecule has 0 aliphatic carbocycles. The molecule has 0 amide bonds. The fourth-order valence-corrected chi connectivity index (χ4v) is 0.961. The van der Waals surface area contributed by atoms with Crippen LogP contribution in [0, 0.1) is 5.92 Å². The van der Waals surface area contributed by atoms with E-state index in [1.54, 1.807) is 0 Å². The second-order valence-corrected chi connectivity index (χ2v) is 4.44. The molecule has 0 aliphatic rings. The molecule has 0 spiro atoms. The van der Waals surface area contributed by atoms with Crippen LogP contribution in [0.5, 0.6) is 0 Å². The molecular formula is C6H18O5P2. The van der Waals surface area contributed by atoms with Gasteiger partial charge in [0.25, 0.3) is 0 Å². The lowest BCUT2D eigenvalue weighted by Gasteiger charge is -1.98. The normalized spacial score (nSPS) is 14.6. The van der Waals surface area contributed by atoms with Crippen molar-refractivity contribution >= 4 is 16.5 Å². The van der Waals surface area contributed by atoms with Gasteiger partial charge in [-0.2, -0.15) is 0 Å². The van der Waals surface area contributed by atoms with Crippen LogP contribution in [0.2, 0.25) is 0 Å². The van der Waals surface area contributed by atoms with Crippen molar-refractivity contribution in [2.45, 2.75) is 33.6 Å². The third kappa shape index (κ3) is 19.0. The van der Waals surface area contributed by atoms with E-state index in [1.165, 1.54) is 12.8 Å².